The summed E-state index contributed by atoms with van der Waals surface area (Å²) in [6.45, 7) is 1.90. The molecule has 3 amide bonds. The summed E-state index contributed by atoms with van der Waals surface area (Å²) >= 11 is 1.91. The summed E-state index contributed by atoms with van der Waals surface area (Å²) in [5.74, 6) is 1.03. The number of anilines is 1. The number of unbranched alkanes of at least 4 members (excludes halogenated alkanes) is 1. The highest BCUT2D eigenvalue weighted by molar-refractivity contribution is 8.00. The monoisotopic (exact) mass is 334 g/mol. The van der Waals surface area contributed by atoms with Gasteiger partial charge in [-0.2, -0.15) is 11.8 Å². The lowest BCUT2D eigenvalue weighted by Crippen LogP contribution is -2.36. The molecule has 1 aromatic rings. The fourth-order valence-corrected chi connectivity index (χ4v) is 4.66. The lowest BCUT2D eigenvalue weighted by molar-refractivity contribution is -0.116. The first-order chi connectivity index (χ1) is 11.1. The van der Waals surface area contributed by atoms with Gasteiger partial charge in [-0.1, -0.05) is 6.42 Å². The Balaban J connectivity index is 1.35. The molecule has 3 atom stereocenters. The third kappa shape index (κ3) is 4.16. The van der Waals surface area contributed by atoms with E-state index in [1.165, 1.54) is 0 Å². The van der Waals surface area contributed by atoms with Gasteiger partial charge in [0.05, 0.1) is 12.1 Å². The van der Waals surface area contributed by atoms with E-state index in [-0.39, 0.29) is 24.0 Å². The van der Waals surface area contributed by atoms with Crippen LogP contribution in [0.3, 0.4) is 0 Å². The van der Waals surface area contributed by atoms with Gasteiger partial charge in [-0.25, -0.2) is 4.79 Å². The van der Waals surface area contributed by atoms with E-state index in [1.807, 2.05) is 24.8 Å². The standard InChI is InChI=1S/C16H22N4O2S/c1-10-8-11(6-7-17-10)18-14(21)5-3-2-4-13-15-12(9-23-13)19-16(22)20-15/h6-8,12-13,15H,2-5,9H2,1H3,(H,17,18,21)(H2,19,20,22)/t12-,13+,15+/m1/s1. The number of carbonyl (C=O) groups is 2. The number of fused-ring (bicyclic) bond motifs is 1. The zero-order valence-corrected chi connectivity index (χ0v) is 14.0. The Morgan fingerprint density at radius 2 is 2.30 bits per heavy atom. The second kappa shape index (κ2) is 7.21. The van der Waals surface area contributed by atoms with Gasteiger partial charge in [0.2, 0.25) is 5.91 Å². The summed E-state index contributed by atoms with van der Waals surface area (Å²) in [5.41, 5.74) is 1.69. The Labute approximate surface area is 140 Å². The largest absolute Gasteiger partial charge is 0.332 e. The lowest BCUT2D eigenvalue weighted by Gasteiger charge is -2.16. The predicted octanol–water partition coefficient (Wildman–Crippen LogP) is 2.05. The maximum Gasteiger partial charge on any atom is 0.315 e. The summed E-state index contributed by atoms with van der Waals surface area (Å²) in [6, 6.07) is 4.15. The van der Waals surface area contributed by atoms with Crippen LogP contribution in [0.2, 0.25) is 0 Å². The van der Waals surface area contributed by atoms with Crippen molar-refractivity contribution in [2.45, 2.75) is 49.9 Å². The highest BCUT2D eigenvalue weighted by Crippen LogP contribution is 2.33. The van der Waals surface area contributed by atoms with Crippen LogP contribution in [0.15, 0.2) is 18.3 Å². The first kappa shape index (κ1) is 16.1. The number of hydrogen-bond donors (Lipinski definition) is 3. The molecule has 6 nitrogen and oxygen atoms in total. The molecule has 7 heteroatoms. The van der Waals surface area contributed by atoms with Gasteiger partial charge in [-0.3, -0.25) is 9.78 Å². The van der Waals surface area contributed by atoms with Gasteiger partial charge in [-0.05, 0) is 31.9 Å². The van der Waals surface area contributed by atoms with E-state index in [4.69, 9.17) is 0 Å². The molecular weight excluding hydrogens is 312 g/mol. The lowest BCUT2D eigenvalue weighted by atomic mass is 10.0. The van der Waals surface area contributed by atoms with Crippen molar-refractivity contribution in [3.05, 3.63) is 24.0 Å². The number of urea groups is 1. The molecule has 3 N–H and O–H groups in total. The van der Waals surface area contributed by atoms with E-state index in [9.17, 15) is 9.59 Å². The van der Waals surface area contributed by atoms with E-state index in [2.05, 4.69) is 20.9 Å². The highest BCUT2D eigenvalue weighted by Gasteiger charge is 2.42. The molecule has 0 radical (unpaired) electrons. The van der Waals surface area contributed by atoms with Crippen LogP contribution in [0.5, 0.6) is 0 Å². The number of thioether (sulfide) groups is 1. The number of nitrogens with zero attached hydrogens (tertiary/aromatic N) is 1. The maximum atomic E-state index is 11.9. The average Bonchev–Trinajstić information content (AvgIpc) is 3.03. The Morgan fingerprint density at radius 3 is 3.13 bits per heavy atom. The zero-order chi connectivity index (χ0) is 16.2. The molecule has 0 saturated carbocycles. The third-order valence-corrected chi connectivity index (χ3v) is 5.77. The van der Waals surface area contributed by atoms with Crippen molar-refractivity contribution >= 4 is 29.4 Å². The minimum Gasteiger partial charge on any atom is -0.332 e. The number of hydrogen-bond acceptors (Lipinski definition) is 4. The highest BCUT2D eigenvalue weighted by atomic mass is 32.2. The number of carbonyl (C=O) groups excluding carboxylic acids is 2. The SMILES string of the molecule is Cc1cc(NC(=O)CCCC[C@@H]2SC[C@H]3NC(=O)N[C@H]23)ccn1. The van der Waals surface area contributed by atoms with Crippen molar-refractivity contribution in [3.63, 3.8) is 0 Å². The molecule has 0 spiro atoms. The Hall–Kier alpha value is -1.76. The molecule has 23 heavy (non-hydrogen) atoms. The molecule has 0 bridgehead atoms. The van der Waals surface area contributed by atoms with Crippen molar-refractivity contribution in [2.75, 3.05) is 11.1 Å². The molecular formula is C16H22N4O2S. The molecule has 2 aliphatic rings. The minimum atomic E-state index is -0.0441. The predicted molar refractivity (Wildman–Crippen MR) is 91.6 cm³/mol. The molecule has 3 rings (SSSR count). The van der Waals surface area contributed by atoms with E-state index >= 15 is 0 Å². The minimum absolute atomic E-state index is 0.0441. The van der Waals surface area contributed by atoms with Crippen molar-refractivity contribution in [3.8, 4) is 0 Å². The topological polar surface area (TPSA) is 83.1 Å². The van der Waals surface area contributed by atoms with Crippen molar-refractivity contribution in [1.82, 2.24) is 15.6 Å². The van der Waals surface area contributed by atoms with Gasteiger partial charge in [0.1, 0.15) is 0 Å². The first-order valence-electron chi connectivity index (χ1n) is 8.03. The second-order valence-corrected chi connectivity index (χ2v) is 7.37. The molecule has 0 aliphatic carbocycles. The first-order valence-corrected chi connectivity index (χ1v) is 9.08. The number of aryl methyl sites for hydroxylation is 1. The quantitative estimate of drug-likeness (QED) is 0.549. The van der Waals surface area contributed by atoms with Gasteiger partial charge in [-0.15, -0.1) is 0 Å². The molecule has 0 aromatic carbocycles. The van der Waals surface area contributed by atoms with Gasteiger partial charge in [0.15, 0.2) is 0 Å². The van der Waals surface area contributed by atoms with Gasteiger partial charge < -0.3 is 16.0 Å². The van der Waals surface area contributed by atoms with E-state index < -0.39 is 0 Å². The summed E-state index contributed by atoms with van der Waals surface area (Å²) in [4.78, 5) is 27.4. The average molecular weight is 334 g/mol. The van der Waals surface area contributed by atoms with Gasteiger partial charge in [0.25, 0.3) is 0 Å². The Morgan fingerprint density at radius 1 is 1.43 bits per heavy atom. The van der Waals surface area contributed by atoms with Crippen molar-refractivity contribution in [1.29, 1.82) is 0 Å². The molecule has 2 fully saturated rings. The van der Waals surface area contributed by atoms with Crippen molar-refractivity contribution < 1.29 is 9.59 Å². The number of pyridine rings is 1. The number of aromatic nitrogens is 1. The Kier molecular flexibility index (Phi) is 5.05. The van der Waals surface area contributed by atoms with E-state index in [0.717, 1.165) is 36.4 Å². The number of nitrogens with one attached hydrogen (secondary N) is 3. The molecule has 0 unspecified atom stereocenters. The molecule has 3 heterocycles. The zero-order valence-electron chi connectivity index (χ0n) is 13.2. The van der Waals surface area contributed by atoms with Crippen LogP contribution in [0.4, 0.5) is 10.5 Å². The van der Waals surface area contributed by atoms with Crippen molar-refractivity contribution in [2.24, 2.45) is 0 Å². The Bertz CT molecular complexity index is 595. The third-order valence-electron chi connectivity index (χ3n) is 4.26. The summed E-state index contributed by atoms with van der Waals surface area (Å²) in [6.07, 6.45) is 5.13. The van der Waals surface area contributed by atoms with Crippen LogP contribution in [0.25, 0.3) is 0 Å². The number of rotatable bonds is 6. The van der Waals surface area contributed by atoms with Crippen LogP contribution >= 0.6 is 11.8 Å². The fourth-order valence-electron chi connectivity index (χ4n) is 3.12. The van der Waals surface area contributed by atoms with Gasteiger partial charge >= 0.3 is 6.03 Å². The summed E-state index contributed by atoms with van der Waals surface area (Å²) in [5, 5.41) is 9.31. The van der Waals surface area contributed by atoms with Crippen LogP contribution < -0.4 is 16.0 Å². The summed E-state index contributed by atoms with van der Waals surface area (Å²) in [7, 11) is 0. The van der Waals surface area contributed by atoms with Crippen LogP contribution in [0.1, 0.15) is 31.4 Å². The fraction of sp³-hybridized carbons (Fsp3) is 0.562. The number of amides is 3. The van der Waals surface area contributed by atoms with E-state index in [0.29, 0.717) is 11.7 Å². The maximum absolute atomic E-state index is 11.9. The molecule has 2 saturated heterocycles. The van der Waals surface area contributed by atoms with Crippen LogP contribution in [0, 0.1) is 6.92 Å². The van der Waals surface area contributed by atoms with Crippen LogP contribution in [-0.4, -0.2) is 40.0 Å². The smallest absolute Gasteiger partial charge is 0.315 e. The normalized spacial score (nSPS) is 25.6. The molecule has 124 valence electrons. The molecule has 1 aromatic heterocycles. The van der Waals surface area contributed by atoms with Crippen LogP contribution in [-0.2, 0) is 4.79 Å². The molecule has 2 aliphatic heterocycles. The van der Waals surface area contributed by atoms with Gasteiger partial charge in [0, 0.05) is 35.0 Å². The second-order valence-electron chi connectivity index (χ2n) is 6.10. The summed E-state index contributed by atoms with van der Waals surface area (Å²) < 4.78 is 0. The van der Waals surface area contributed by atoms with E-state index in [1.54, 1.807) is 12.3 Å².